The van der Waals surface area contributed by atoms with Crippen molar-refractivity contribution in [1.82, 2.24) is 0 Å². The molecule has 96 valence electrons. The Morgan fingerprint density at radius 1 is 1.56 bits per heavy atom. The van der Waals surface area contributed by atoms with Crippen LogP contribution in [0.25, 0.3) is 0 Å². The molecule has 0 heterocycles. The lowest BCUT2D eigenvalue weighted by molar-refractivity contribution is 0.369. The van der Waals surface area contributed by atoms with E-state index in [0.29, 0.717) is 5.92 Å². The lowest BCUT2D eigenvalue weighted by Crippen LogP contribution is -2.18. The van der Waals surface area contributed by atoms with Crippen LogP contribution in [-0.2, 0) is 6.42 Å². The van der Waals surface area contributed by atoms with Crippen LogP contribution in [0.4, 0.5) is 0 Å². The highest BCUT2D eigenvalue weighted by Gasteiger charge is 2.38. The van der Waals surface area contributed by atoms with Crippen LogP contribution in [-0.4, -0.2) is 7.11 Å². The van der Waals surface area contributed by atoms with E-state index >= 15 is 0 Å². The standard InChI is InChI=1S/C15H18BrNO/c1-11-5-6-15(8-11,10-17)9-12-7-13(16)3-4-14(12)18-2/h3-4,7,11H,5-6,8-9H2,1-2H3. The highest BCUT2D eigenvalue weighted by atomic mass is 79.9. The topological polar surface area (TPSA) is 33.0 Å². The van der Waals surface area contributed by atoms with Crippen LogP contribution < -0.4 is 4.74 Å². The summed E-state index contributed by atoms with van der Waals surface area (Å²) in [4.78, 5) is 0. The van der Waals surface area contributed by atoms with E-state index in [1.54, 1.807) is 7.11 Å². The fraction of sp³-hybridized carbons (Fsp3) is 0.533. The normalized spacial score (nSPS) is 26.9. The molecule has 0 N–H and O–H groups in total. The molecule has 0 spiro atoms. The number of rotatable bonds is 3. The summed E-state index contributed by atoms with van der Waals surface area (Å²) in [5.41, 5.74) is 0.926. The summed E-state index contributed by atoms with van der Waals surface area (Å²) < 4.78 is 6.44. The van der Waals surface area contributed by atoms with Crippen LogP contribution in [0.15, 0.2) is 22.7 Å². The number of halogens is 1. The van der Waals surface area contributed by atoms with E-state index in [9.17, 15) is 5.26 Å². The van der Waals surface area contributed by atoms with Crippen LogP contribution in [0.3, 0.4) is 0 Å². The van der Waals surface area contributed by atoms with Crippen LogP contribution >= 0.6 is 15.9 Å². The molecule has 0 saturated heterocycles. The Kier molecular flexibility index (Phi) is 3.97. The molecule has 1 aliphatic carbocycles. The quantitative estimate of drug-likeness (QED) is 0.832. The SMILES string of the molecule is COc1ccc(Br)cc1CC1(C#N)CCC(C)C1. The average molecular weight is 308 g/mol. The summed E-state index contributed by atoms with van der Waals surface area (Å²) in [7, 11) is 1.68. The maximum Gasteiger partial charge on any atom is 0.122 e. The second kappa shape index (κ2) is 5.32. The zero-order valence-corrected chi connectivity index (χ0v) is 12.5. The van der Waals surface area contributed by atoms with Crippen LogP contribution in [0, 0.1) is 22.7 Å². The van der Waals surface area contributed by atoms with Gasteiger partial charge in [0.2, 0.25) is 0 Å². The first kappa shape index (κ1) is 13.4. The van der Waals surface area contributed by atoms with Crippen molar-refractivity contribution in [2.24, 2.45) is 11.3 Å². The highest BCUT2D eigenvalue weighted by molar-refractivity contribution is 9.10. The largest absolute Gasteiger partial charge is 0.496 e. The van der Waals surface area contributed by atoms with Crippen molar-refractivity contribution in [3.63, 3.8) is 0 Å². The third kappa shape index (κ3) is 2.70. The molecule has 1 aromatic carbocycles. The first-order valence-corrected chi connectivity index (χ1v) is 7.11. The first-order valence-electron chi connectivity index (χ1n) is 6.32. The van der Waals surface area contributed by atoms with Crippen molar-refractivity contribution in [3.8, 4) is 11.8 Å². The van der Waals surface area contributed by atoms with Gasteiger partial charge in [-0.2, -0.15) is 5.26 Å². The number of nitrogens with zero attached hydrogens (tertiary/aromatic N) is 1. The summed E-state index contributed by atoms with van der Waals surface area (Å²) >= 11 is 3.49. The van der Waals surface area contributed by atoms with Crippen molar-refractivity contribution < 1.29 is 4.74 Å². The van der Waals surface area contributed by atoms with E-state index in [-0.39, 0.29) is 5.41 Å². The van der Waals surface area contributed by atoms with E-state index in [1.807, 2.05) is 12.1 Å². The van der Waals surface area contributed by atoms with Crippen molar-refractivity contribution in [3.05, 3.63) is 28.2 Å². The molecule has 1 aromatic rings. The highest BCUT2D eigenvalue weighted by Crippen LogP contribution is 2.44. The number of methoxy groups -OCH3 is 1. The van der Waals surface area contributed by atoms with Crippen molar-refractivity contribution in [1.29, 1.82) is 5.26 Å². The zero-order chi connectivity index (χ0) is 13.2. The molecule has 0 amide bonds. The monoisotopic (exact) mass is 307 g/mol. The van der Waals surface area contributed by atoms with E-state index < -0.39 is 0 Å². The smallest absolute Gasteiger partial charge is 0.122 e. The molecule has 1 fully saturated rings. The molecule has 1 saturated carbocycles. The van der Waals surface area contributed by atoms with Crippen LogP contribution in [0.2, 0.25) is 0 Å². The predicted molar refractivity (Wildman–Crippen MR) is 75.5 cm³/mol. The van der Waals surface area contributed by atoms with Gasteiger partial charge in [0.25, 0.3) is 0 Å². The van der Waals surface area contributed by atoms with Crippen molar-refractivity contribution in [2.45, 2.75) is 32.6 Å². The van der Waals surface area contributed by atoms with Gasteiger partial charge < -0.3 is 4.74 Å². The Bertz CT molecular complexity index is 480. The molecule has 2 rings (SSSR count). The minimum Gasteiger partial charge on any atom is -0.496 e. The minimum atomic E-state index is -0.201. The van der Waals surface area contributed by atoms with Gasteiger partial charge in [-0.1, -0.05) is 22.9 Å². The summed E-state index contributed by atoms with van der Waals surface area (Å²) in [5.74, 6) is 1.54. The third-order valence-electron chi connectivity index (χ3n) is 3.86. The maximum absolute atomic E-state index is 9.53. The van der Waals surface area contributed by atoms with Gasteiger partial charge in [-0.05, 0) is 55.4 Å². The molecule has 0 radical (unpaired) electrons. The van der Waals surface area contributed by atoms with Crippen molar-refractivity contribution in [2.75, 3.05) is 7.11 Å². The van der Waals surface area contributed by atoms with E-state index in [0.717, 1.165) is 41.5 Å². The number of hydrogen-bond acceptors (Lipinski definition) is 2. The molecule has 0 aromatic heterocycles. The maximum atomic E-state index is 9.53. The second-order valence-electron chi connectivity index (χ2n) is 5.37. The van der Waals surface area contributed by atoms with Gasteiger partial charge in [0, 0.05) is 4.47 Å². The Balaban J connectivity index is 2.28. The lowest BCUT2D eigenvalue weighted by Gasteiger charge is -2.22. The minimum absolute atomic E-state index is 0.201. The molecular weight excluding hydrogens is 290 g/mol. The fourth-order valence-corrected chi connectivity index (χ4v) is 3.35. The molecule has 1 aliphatic rings. The Morgan fingerprint density at radius 2 is 2.33 bits per heavy atom. The molecule has 0 aliphatic heterocycles. The number of benzene rings is 1. The number of nitriles is 1. The Labute approximate surface area is 117 Å². The predicted octanol–water partition coefficient (Wildman–Crippen LogP) is 4.33. The van der Waals surface area contributed by atoms with Gasteiger partial charge in [-0.25, -0.2) is 0 Å². The van der Waals surface area contributed by atoms with E-state index in [4.69, 9.17) is 4.74 Å². The lowest BCUT2D eigenvalue weighted by atomic mass is 9.80. The number of hydrogen-bond donors (Lipinski definition) is 0. The summed E-state index contributed by atoms with van der Waals surface area (Å²) in [6.45, 7) is 2.23. The summed E-state index contributed by atoms with van der Waals surface area (Å²) in [5, 5.41) is 9.53. The summed E-state index contributed by atoms with van der Waals surface area (Å²) in [6.07, 6.45) is 3.94. The van der Waals surface area contributed by atoms with Gasteiger partial charge in [0.05, 0.1) is 18.6 Å². The molecule has 3 heteroatoms. The first-order chi connectivity index (χ1) is 8.58. The van der Waals surface area contributed by atoms with E-state index in [2.05, 4.69) is 35.0 Å². The van der Waals surface area contributed by atoms with Gasteiger partial charge in [-0.15, -0.1) is 0 Å². The van der Waals surface area contributed by atoms with Gasteiger partial charge >= 0.3 is 0 Å². The number of ether oxygens (including phenoxy) is 1. The third-order valence-corrected chi connectivity index (χ3v) is 4.36. The van der Waals surface area contributed by atoms with E-state index in [1.165, 1.54) is 0 Å². The zero-order valence-electron chi connectivity index (χ0n) is 10.9. The second-order valence-corrected chi connectivity index (χ2v) is 6.29. The molecule has 0 bridgehead atoms. The van der Waals surface area contributed by atoms with Gasteiger partial charge in [0.1, 0.15) is 5.75 Å². The fourth-order valence-electron chi connectivity index (χ4n) is 2.95. The summed E-state index contributed by atoms with van der Waals surface area (Å²) in [6, 6.07) is 8.56. The molecule has 2 unspecified atom stereocenters. The van der Waals surface area contributed by atoms with Crippen molar-refractivity contribution >= 4 is 15.9 Å². The van der Waals surface area contributed by atoms with Crippen LogP contribution in [0.1, 0.15) is 31.7 Å². The average Bonchev–Trinajstić information content (AvgIpc) is 2.72. The molecular formula is C15H18BrNO. The molecule has 2 nitrogen and oxygen atoms in total. The van der Waals surface area contributed by atoms with Gasteiger partial charge in [0.15, 0.2) is 0 Å². The molecule has 2 atom stereocenters. The Hall–Kier alpha value is -1.01. The van der Waals surface area contributed by atoms with Crippen LogP contribution in [0.5, 0.6) is 5.75 Å². The Morgan fingerprint density at radius 3 is 2.89 bits per heavy atom. The molecule has 18 heavy (non-hydrogen) atoms. The van der Waals surface area contributed by atoms with Gasteiger partial charge in [-0.3, -0.25) is 0 Å².